The largest absolute Gasteiger partial charge is 0.465 e. The Hall–Kier alpha value is -0.610. The first-order valence-corrected chi connectivity index (χ1v) is 7.03. The van der Waals surface area contributed by atoms with E-state index in [1.807, 2.05) is 6.92 Å². The number of nitrogens with zero attached hydrogens (tertiary/aromatic N) is 1. The van der Waals surface area contributed by atoms with Crippen molar-refractivity contribution in [3.8, 4) is 0 Å². The van der Waals surface area contributed by atoms with Crippen molar-refractivity contribution in [3.05, 3.63) is 0 Å². The highest BCUT2D eigenvalue weighted by molar-refractivity contribution is 5.71. The fourth-order valence-corrected chi connectivity index (χ4v) is 1.86. The number of hydrogen-bond donors (Lipinski definition) is 1. The van der Waals surface area contributed by atoms with Crippen LogP contribution in [0.1, 0.15) is 47.0 Å². The Bertz CT molecular complexity index is 230. The molecule has 0 aliphatic rings. The van der Waals surface area contributed by atoms with E-state index in [2.05, 4.69) is 25.7 Å². The molecule has 0 rings (SSSR count). The van der Waals surface area contributed by atoms with Crippen LogP contribution < -0.4 is 5.73 Å². The van der Waals surface area contributed by atoms with Crippen molar-refractivity contribution < 1.29 is 9.53 Å². The summed E-state index contributed by atoms with van der Waals surface area (Å²) >= 11 is 0. The summed E-state index contributed by atoms with van der Waals surface area (Å²) < 4.78 is 4.99. The van der Waals surface area contributed by atoms with Gasteiger partial charge in [0, 0.05) is 0 Å². The van der Waals surface area contributed by atoms with Crippen LogP contribution in [0.4, 0.5) is 0 Å². The lowest BCUT2D eigenvalue weighted by molar-refractivity contribution is -0.144. The number of esters is 1. The Morgan fingerprint density at radius 1 is 1.28 bits per heavy atom. The molecule has 0 aromatic rings. The van der Waals surface area contributed by atoms with E-state index in [-0.39, 0.29) is 11.4 Å². The molecule has 0 saturated heterocycles. The average molecular weight is 258 g/mol. The molecule has 4 nitrogen and oxygen atoms in total. The molecule has 0 fully saturated rings. The topological polar surface area (TPSA) is 55.6 Å². The van der Waals surface area contributed by atoms with Crippen LogP contribution in [0.25, 0.3) is 0 Å². The SMILES string of the molecule is CCCN(CCCC(C)(C)CN)CC(=O)OCC. The van der Waals surface area contributed by atoms with Crippen LogP contribution >= 0.6 is 0 Å². The van der Waals surface area contributed by atoms with Crippen LogP contribution in [0.15, 0.2) is 0 Å². The van der Waals surface area contributed by atoms with Gasteiger partial charge >= 0.3 is 5.97 Å². The van der Waals surface area contributed by atoms with Gasteiger partial charge in [-0.3, -0.25) is 9.69 Å². The molecule has 108 valence electrons. The zero-order chi connectivity index (χ0) is 14.0. The average Bonchev–Trinajstić information content (AvgIpc) is 2.29. The molecule has 0 bridgehead atoms. The highest BCUT2D eigenvalue weighted by atomic mass is 16.5. The molecular formula is C14H30N2O2. The van der Waals surface area contributed by atoms with Crippen molar-refractivity contribution in [1.29, 1.82) is 0 Å². The van der Waals surface area contributed by atoms with E-state index in [4.69, 9.17) is 10.5 Å². The predicted molar refractivity (Wildman–Crippen MR) is 75.4 cm³/mol. The van der Waals surface area contributed by atoms with Crippen molar-refractivity contribution in [1.82, 2.24) is 4.90 Å². The minimum absolute atomic E-state index is 0.121. The molecule has 0 heterocycles. The van der Waals surface area contributed by atoms with Gasteiger partial charge in [0.1, 0.15) is 0 Å². The number of carbonyl (C=O) groups excluding carboxylic acids is 1. The second-order valence-corrected chi connectivity index (χ2v) is 5.55. The van der Waals surface area contributed by atoms with Gasteiger partial charge in [-0.15, -0.1) is 0 Å². The van der Waals surface area contributed by atoms with Crippen LogP contribution in [0, 0.1) is 5.41 Å². The minimum Gasteiger partial charge on any atom is -0.465 e. The van der Waals surface area contributed by atoms with Crippen molar-refractivity contribution in [2.24, 2.45) is 11.1 Å². The summed E-state index contributed by atoms with van der Waals surface area (Å²) in [4.78, 5) is 13.6. The van der Waals surface area contributed by atoms with Gasteiger partial charge in [0.2, 0.25) is 0 Å². The van der Waals surface area contributed by atoms with E-state index >= 15 is 0 Å². The fourth-order valence-electron chi connectivity index (χ4n) is 1.86. The normalized spacial score (nSPS) is 11.9. The second kappa shape index (κ2) is 9.34. The lowest BCUT2D eigenvalue weighted by Gasteiger charge is -2.25. The van der Waals surface area contributed by atoms with Gasteiger partial charge in [0.05, 0.1) is 13.2 Å². The lowest BCUT2D eigenvalue weighted by Crippen LogP contribution is -2.33. The third kappa shape index (κ3) is 8.48. The molecule has 0 unspecified atom stereocenters. The van der Waals surface area contributed by atoms with Crippen molar-refractivity contribution in [3.63, 3.8) is 0 Å². The van der Waals surface area contributed by atoms with Gasteiger partial charge in [0.25, 0.3) is 0 Å². The number of rotatable bonds is 10. The first kappa shape index (κ1) is 17.4. The molecule has 0 aliphatic carbocycles. The molecule has 0 aromatic heterocycles. The van der Waals surface area contributed by atoms with E-state index in [0.29, 0.717) is 19.7 Å². The zero-order valence-electron chi connectivity index (χ0n) is 12.5. The van der Waals surface area contributed by atoms with Gasteiger partial charge < -0.3 is 10.5 Å². The van der Waals surface area contributed by atoms with Crippen LogP contribution in [0.3, 0.4) is 0 Å². The van der Waals surface area contributed by atoms with Crippen molar-refractivity contribution in [2.75, 3.05) is 32.8 Å². The monoisotopic (exact) mass is 258 g/mol. The summed E-state index contributed by atoms with van der Waals surface area (Å²) in [6, 6.07) is 0. The minimum atomic E-state index is -0.121. The summed E-state index contributed by atoms with van der Waals surface area (Å²) in [7, 11) is 0. The molecular weight excluding hydrogens is 228 g/mol. The molecule has 0 aromatic carbocycles. The quantitative estimate of drug-likeness (QED) is 0.609. The van der Waals surface area contributed by atoms with Gasteiger partial charge in [-0.05, 0) is 51.2 Å². The Labute approximate surface area is 112 Å². The summed E-state index contributed by atoms with van der Waals surface area (Å²) in [6.07, 6.45) is 3.22. The van der Waals surface area contributed by atoms with Crippen LogP contribution in [0.2, 0.25) is 0 Å². The molecule has 0 aliphatic heterocycles. The van der Waals surface area contributed by atoms with Crippen molar-refractivity contribution >= 4 is 5.97 Å². The molecule has 4 heteroatoms. The van der Waals surface area contributed by atoms with Crippen LogP contribution in [0.5, 0.6) is 0 Å². The summed E-state index contributed by atoms with van der Waals surface area (Å²) in [5.41, 5.74) is 5.91. The van der Waals surface area contributed by atoms with Crippen LogP contribution in [-0.4, -0.2) is 43.7 Å². The highest BCUT2D eigenvalue weighted by Gasteiger charge is 2.16. The maximum absolute atomic E-state index is 11.5. The van der Waals surface area contributed by atoms with Gasteiger partial charge in [-0.1, -0.05) is 20.8 Å². The first-order valence-electron chi connectivity index (χ1n) is 7.03. The van der Waals surface area contributed by atoms with E-state index in [1.54, 1.807) is 0 Å². The van der Waals surface area contributed by atoms with E-state index in [9.17, 15) is 4.79 Å². The van der Waals surface area contributed by atoms with E-state index < -0.39 is 0 Å². The number of hydrogen-bond acceptors (Lipinski definition) is 4. The molecule has 0 amide bonds. The fraction of sp³-hybridized carbons (Fsp3) is 0.929. The maximum Gasteiger partial charge on any atom is 0.320 e. The maximum atomic E-state index is 11.5. The third-order valence-electron chi connectivity index (χ3n) is 3.08. The molecule has 0 saturated carbocycles. The third-order valence-corrected chi connectivity index (χ3v) is 3.08. The lowest BCUT2D eigenvalue weighted by atomic mass is 9.88. The van der Waals surface area contributed by atoms with Gasteiger partial charge in [-0.2, -0.15) is 0 Å². The summed E-state index contributed by atoms with van der Waals surface area (Å²) in [6.45, 7) is 11.8. The Balaban J connectivity index is 4.00. The van der Waals surface area contributed by atoms with E-state index in [0.717, 1.165) is 32.4 Å². The highest BCUT2D eigenvalue weighted by Crippen LogP contribution is 2.20. The van der Waals surface area contributed by atoms with Crippen LogP contribution in [-0.2, 0) is 9.53 Å². The summed E-state index contributed by atoms with van der Waals surface area (Å²) in [5, 5.41) is 0. The number of carbonyl (C=O) groups is 1. The second-order valence-electron chi connectivity index (χ2n) is 5.55. The molecule has 0 spiro atoms. The standard InChI is InChI=1S/C14H30N2O2/c1-5-9-16(11-13(17)18-6-2)10-7-8-14(3,4)12-15/h5-12,15H2,1-4H3. The smallest absolute Gasteiger partial charge is 0.320 e. The van der Waals surface area contributed by atoms with E-state index in [1.165, 1.54) is 0 Å². The Kier molecular flexibility index (Phi) is 9.02. The number of ether oxygens (including phenoxy) is 1. The van der Waals surface area contributed by atoms with Gasteiger partial charge in [-0.25, -0.2) is 0 Å². The molecule has 0 atom stereocenters. The Morgan fingerprint density at radius 3 is 2.44 bits per heavy atom. The summed E-state index contributed by atoms with van der Waals surface area (Å²) in [5.74, 6) is -0.121. The molecule has 18 heavy (non-hydrogen) atoms. The predicted octanol–water partition coefficient (Wildman–Crippen LogP) is 2.03. The number of nitrogens with two attached hydrogens (primary N) is 1. The molecule has 2 N–H and O–H groups in total. The zero-order valence-corrected chi connectivity index (χ0v) is 12.5. The van der Waals surface area contributed by atoms with Crippen molar-refractivity contribution in [2.45, 2.75) is 47.0 Å². The first-order chi connectivity index (χ1) is 8.45. The molecule has 0 radical (unpaired) electrons. The Morgan fingerprint density at radius 2 is 1.94 bits per heavy atom. The van der Waals surface area contributed by atoms with Gasteiger partial charge in [0.15, 0.2) is 0 Å².